The number of aromatic nitrogens is 2. The molecule has 0 bridgehead atoms. The highest BCUT2D eigenvalue weighted by Crippen LogP contribution is 2.33. The molecule has 0 fully saturated rings. The molecule has 0 saturated carbocycles. The normalized spacial score (nSPS) is 10.6. The molecule has 0 unspecified atom stereocenters. The van der Waals surface area contributed by atoms with E-state index in [0.717, 1.165) is 11.3 Å². The van der Waals surface area contributed by atoms with Crippen molar-refractivity contribution < 1.29 is 0 Å². The first-order valence-corrected chi connectivity index (χ1v) is 6.08. The van der Waals surface area contributed by atoms with Crippen molar-refractivity contribution in [3.8, 4) is 17.3 Å². The second-order valence-corrected chi connectivity index (χ2v) is 4.71. The second kappa shape index (κ2) is 3.72. The summed E-state index contributed by atoms with van der Waals surface area (Å²) in [5.41, 5.74) is 2.58. The molecule has 0 spiro atoms. The summed E-state index contributed by atoms with van der Waals surface area (Å²) >= 11 is 1.71. The van der Waals surface area contributed by atoms with E-state index < -0.39 is 0 Å². The van der Waals surface area contributed by atoms with Crippen LogP contribution in [0.2, 0.25) is 0 Å². The third-order valence-corrected chi connectivity index (χ3v) is 3.71. The third kappa shape index (κ3) is 1.52. The Labute approximate surface area is 103 Å². The summed E-state index contributed by atoms with van der Waals surface area (Å²) < 4.78 is 3.01. The molecular weight excluding hydrogens is 230 g/mol. The van der Waals surface area contributed by atoms with Gasteiger partial charge in [0.2, 0.25) is 0 Å². The van der Waals surface area contributed by atoms with Gasteiger partial charge in [0.05, 0.1) is 5.69 Å². The Bertz CT molecular complexity index is 731. The topological polar surface area (TPSA) is 41.6 Å². The van der Waals surface area contributed by atoms with Crippen molar-refractivity contribution in [3.05, 3.63) is 41.4 Å². The highest BCUT2D eigenvalue weighted by Gasteiger charge is 2.11. The molecule has 0 amide bonds. The van der Waals surface area contributed by atoms with Crippen LogP contribution in [0.5, 0.6) is 0 Å². The maximum Gasteiger partial charge on any atom is 0.163 e. The Hall–Kier alpha value is -2.12. The second-order valence-electron chi connectivity index (χ2n) is 3.80. The fraction of sp³-hybridized carbons (Fsp3) is 0.0769. The van der Waals surface area contributed by atoms with Crippen LogP contribution in [0.3, 0.4) is 0 Å². The zero-order valence-electron chi connectivity index (χ0n) is 9.21. The van der Waals surface area contributed by atoms with Gasteiger partial charge >= 0.3 is 0 Å². The van der Waals surface area contributed by atoms with Crippen molar-refractivity contribution in [2.45, 2.75) is 0 Å². The van der Waals surface area contributed by atoms with Gasteiger partial charge in [0.1, 0.15) is 6.07 Å². The summed E-state index contributed by atoms with van der Waals surface area (Å²) in [6.07, 6.45) is 0. The van der Waals surface area contributed by atoms with Gasteiger partial charge in [-0.15, -0.1) is 11.3 Å². The number of hydrogen-bond acceptors (Lipinski definition) is 3. The Morgan fingerprint density at radius 3 is 2.94 bits per heavy atom. The Balaban J connectivity index is 2.27. The molecule has 17 heavy (non-hydrogen) atoms. The van der Waals surface area contributed by atoms with Gasteiger partial charge in [0.25, 0.3) is 0 Å². The number of benzene rings is 1. The largest absolute Gasteiger partial charge is 0.267 e. The molecule has 0 atom stereocenters. The van der Waals surface area contributed by atoms with Crippen LogP contribution in [0, 0.1) is 11.3 Å². The van der Waals surface area contributed by atoms with E-state index in [1.807, 2.05) is 25.2 Å². The number of aryl methyl sites for hydroxylation is 1. The quantitative estimate of drug-likeness (QED) is 0.654. The summed E-state index contributed by atoms with van der Waals surface area (Å²) in [5, 5.41) is 16.3. The lowest BCUT2D eigenvalue weighted by molar-refractivity contribution is 0.772. The summed E-state index contributed by atoms with van der Waals surface area (Å²) in [5.74, 6) is 0. The van der Waals surface area contributed by atoms with Crippen LogP contribution in [-0.4, -0.2) is 9.78 Å². The summed E-state index contributed by atoms with van der Waals surface area (Å²) in [6, 6.07) is 12.2. The van der Waals surface area contributed by atoms with E-state index in [1.54, 1.807) is 16.0 Å². The maximum atomic E-state index is 8.86. The van der Waals surface area contributed by atoms with E-state index in [9.17, 15) is 0 Å². The van der Waals surface area contributed by atoms with E-state index in [-0.39, 0.29) is 0 Å². The highest BCUT2D eigenvalue weighted by atomic mass is 32.1. The first-order chi connectivity index (χ1) is 8.29. The molecule has 3 aromatic rings. The van der Waals surface area contributed by atoms with Crippen molar-refractivity contribution in [3.63, 3.8) is 0 Å². The number of nitrogens with zero attached hydrogens (tertiary/aromatic N) is 3. The minimum Gasteiger partial charge on any atom is -0.267 e. The molecule has 82 valence electrons. The van der Waals surface area contributed by atoms with Crippen molar-refractivity contribution in [1.82, 2.24) is 9.78 Å². The van der Waals surface area contributed by atoms with Crippen molar-refractivity contribution >= 4 is 21.4 Å². The van der Waals surface area contributed by atoms with Crippen LogP contribution >= 0.6 is 11.3 Å². The third-order valence-electron chi connectivity index (χ3n) is 2.75. The number of rotatable bonds is 1. The van der Waals surface area contributed by atoms with E-state index in [0.29, 0.717) is 5.69 Å². The van der Waals surface area contributed by atoms with Gasteiger partial charge in [0, 0.05) is 34.1 Å². The van der Waals surface area contributed by atoms with Crippen molar-refractivity contribution in [1.29, 1.82) is 5.26 Å². The first-order valence-electron chi connectivity index (χ1n) is 5.20. The number of nitriles is 1. The zero-order chi connectivity index (χ0) is 11.8. The molecular formula is C13H9N3S. The molecule has 2 aromatic heterocycles. The molecule has 3 rings (SSSR count). The van der Waals surface area contributed by atoms with Crippen LogP contribution in [-0.2, 0) is 7.05 Å². The van der Waals surface area contributed by atoms with E-state index in [4.69, 9.17) is 5.26 Å². The van der Waals surface area contributed by atoms with E-state index in [2.05, 4.69) is 28.7 Å². The molecule has 1 aromatic carbocycles. The van der Waals surface area contributed by atoms with Gasteiger partial charge in [-0.2, -0.15) is 10.4 Å². The fourth-order valence-electron chi connectivity index (χ4n) is 1.95. The Morgan fingerprint density at radius 1 is 1.35 bits per heavy atom. The van der Waals surface area contributed by atoms with Gasteiger partial charge in [-0.3, -0.25) is 4.68 Å². The smallest absolute Gasteiger partial charge is 0.163 e. The Kier molecular flexibility index (Phi) is 2.20. The van der Waals surface area contributed by atoms with E-state index >= 15 is 0 Å². The van der Waals surface area contributed by atoms with Crippen LogP contribution in [0.4, 0.5) is 0 Å². The van der Waals surface area contributed by atoms with Crippen LogP contribution in [0.25, 0.3) is 21.3 Å². The molecule has 3 nitrogen and oxygen atoms in total. The van der Waals surface area contributed by atoms with Gasteiger partial charge in [0.15, 0.2) is 5.69 Å². The molecule has 0 aliphatic rings. The maximum absolute atomic E-state index is 8.86. The van der Waals surface area contributed by atoms with E-state index in [1.165, 1.54) is 10.1 Å². The minimum absolute atomic E-state index is 0.456. The molecule has 2 heterocycles. The predicted molar refractivity (Wildman–Crippen MR) is 68.7 cm³/mol. The van der Waals surface area contributed by atoms with Crippen LogP contribution in [0.15, 0.2) is 35.7 Å². The summed E-state index contributed by atoms with van der Waals surface area (Å²) in [4.78, 5) is 0. The molecule has 0 saturated heterocycles. The van der Waals surface area contributed by atoms with Crippen molar-refractivity contribution in [2.24, 2.45) is 7.05 Å². The fourth-order valence-corrected chi connectivity index (χ4v) is 2.90. The Morgan fingerprint density at radius 2 is 2.18 bits per heavy atom. The molecule has 4 heteroatoms. The lowest BCUT2D eigenvalue weighted by Gasteiger charge is -1.99. The minimum atomic E-state index is 0.456. The molecule has 0 N–H and O–H groups in total. The highest BCUT2D eigenvalue weighted by molar-refractivity contribution is 7.17. The molecule has 0 aliphatic carbocycles. The van der Waals surface area contributed by atoms with Gasteiger partial charge < -0.3 is 0 Å². The first kappa shape index (κ1) is 10.1. The van der Waals surface area contributed by atoms with Crippen LogP contribution < -0.4 is 0 Å². The standard InChI is InChI=1S/C13H9N3S/c1-16-12(6-9(7-14)15-16)11-8-17-13-5-3-2-4-10(11)13/h2-6,8H,1H3. The lowest BCUT2D eigenvalue weighted by Crippen LogP contribution is -1.93. The monoisotopic (exact) mass is 239 g/mol. The number of hydrogen-bond donors (Lipinski definition) is 0. The average molecular weight is 239 g/mol. The van der Waals surface area contributed by atoms with Gasteiger partial charge in [-0.1, -0.05) is 18.2 Å². The molecule has 0 aliphatic heterocycles. The van der Waals surface area contributed by atoms with Crippen molar-refractivity contribution in [2.75, 3.05) is 0 Å². The SMILES string of the molecule is Cn1nc(C#N)cc1-c1csc2ccccc12. The van der Waals surface area contributed by atoms with Crippen LogP contribution in [0.1, 0.15) is 5.69 Å². The number of fused-ring (bicyclic) bond motifs is 1. The zero-order valence-corrected chi connectivity index (χ0v) is 10.0. The number of thiophene rings is 1. The average Bonchev–Trinajstić information content (AvgIpc) is 2.92. The van der Waals surface area contributed by atoms with Gasteiger partial charge in [-0.25, -0.2) is 0 Å². The molecule has 0 radical (unpaired) electrons. The summed E-state index contributed by atoms with van der Waals surface area (Å²) in [6.45, 7) is 0. The van der Waals surface area contributed by atoms with Gasteiger partial charge in [-0.05, 0) is 6.07 Å². The lowest BCUT2D eigenvalue weighted by atomic mass is 10.1. The predicted octanol–water partition coefficient (Wildman–Crippen LogP) is 3.17. The summed E-state index contributed by atoms with van der Waals surface area (Å²) in [7, 11) is 1.86.